The second kappa shape index (κ2) is 4.69. The summed E-state index contributed by atoms with van der Waals surface area (Å²) in [5, 5.41) is 6.57. The molecule has 86 valence electrons. The Morgan fingerprint density at radius 1 is 1.31 bits per heavy atom. The zero-order valence-corrected chi connectivity index (χ0v) is 10.4. The zero-order valence-electron chi connectivity index (χ0n) is 10.4. The number of nitrogens with zero attached hydrogens (tertiary/aromatic N) is 2. The monoisotopic (exact) mass is 216 g/mol. The van der Waals surface area contributed by atoms with Crippen LogP contribution in [-0.2, 0) is 6.42 Å². The molecule has 0 bridgehead atoms. The van der Waals surface area contributed by atoms with E-state index in [1.54, 1.807) is 0 Å². The molecule has 0 N–H and O–H groups in total. The predicted molar refractivity (Wildman–Crippen MR) is 70.0 cm³/mol. The van der Waals surface area contributed by atoms with Crippen LogP contribution in [0.5, 0.6) is 0 Å². The fourth-order valence-corrected chi connectivity index (χ4v) is 1.92. The Morgan fingerprint density at radius 2 is 2.00 bits per heavy atom. The van der Waals surface area contributed by atoms with Gasteiger partial charge in [-0.15, -0.1) is 0 Å². The van der Waals surface area contributed by atoms with Gasteiger partial charge in [0.15, 0.2) is 0 Å². The molecule has 0 fully saturated rings. The number of anilines is 1. The van der Waals surface area contributed by atoms with Gasteiger partial charge in [-0.2, -0.15) is 5.10 Å². The molecule has 2 heteroatoms. The molecule has 0 radical (unpaired) electrons. The van der Waals surface area contributed by atoms with Gasteiger partial charge < -0.3 is 0 Å². The summed E-state index contributed by atoms with van der Waals surface area (Å²) < 4.78 is 0. The van der Waals surface area contributed by atoms with Crippen LogP contribution < -0.4 is 5.01 Å². The molecular formula is C14H20N2. The van der Waals surface area contributed by atoms with E-state index < -0.39 is 0 Å². The van der Waals surface area contributed by atoms with Crippen LogP contribution in [0.4, 0.5) is 5.69 Å². The van der Waals surface area contributed by atoms with E-state index in [0.29, 0.717) is 11.8 Å². The maximum Gasteiger partial charge on any atom is 0.0594 e. The molecule has 1 aromatic carbocycles. The largest absolute Gasteiger partial charge is 0.265 e. The first kappa shape index (κ1) is 11.2. The van der Waals surface area contributed by atoms with Gasteiger partial charge in [0, 0.05) is 18.7 Å². The van der Waals surface area contributed by atoms with Gasteiger partial charge in [-0.25, -0.2) is 0 Å². The summed E-state index contributed by atoms with van der Waals surface area (Å²) >= 11 is 0. The number of rotatable bonds is 3. The van der Waals surface area contributed by atoms with Gasteiger partial charge >= 0.3 is 0 Å². The van der Waals surface area contributed by atoms with Crippen molar-refractivity contribution in [3.05, 3.63) is 29.8 Å². The van der Waals surface area contributed by atoms with Crippen LogP contribution >= 0.6 is 0 Å². The molecule has 1 heterocycles. The Labute approximate surface area is 98.0 Å². The summed E-state index contributed by atoms with van der Waals surface area (Å²) in [5.41, 5.74) is 2.59. The van der Waals surface area contributed by atoms with Crippen molar-refractivity contribution in [1.82, 2.24) is 0 Å². The van der Waals surface area contributed by atoms with E-state index in [1.165, 1.54) is 11.3 Å². The van der Waals surface area contributed by atoms with E-state index in [1.807, 2.05) is 0 Å². The van der Waals surface area contributed by atoms with Gasteiger partial charge in [-0.3, -0.25) is 5.01 Å². The van der Waals surface area contributed by atoms with Gasteiger partial charge in [-0.05, 0) is 30.0 Å². The first-order valence-electron chi connectivity index (χ1n) is 6.11. The fraction of sp³-hybridized carbons (Fsp3) is 0.500. The van der Waals surface area contributed by atoms with Crippen molar-refractivity contribution in [3.63, 3.8) is 0 Å². The lowest BCUT2D eigenvalue weighted by Gasteiger charge is -2.17. The van der Waals surface area contributed by atoms with Gasteiger partial charge in [0.05, 0.1) is 5.69 Å². The van der Waals surface area contributed by atoms with Crippen molar-refractivity contribution in [2.45, 2.75) is 27.2 Å². The van der Waals surface area contributed by atoms with Crippen molar-refractivity contribution in [2.75, 3.05) is 11.6 Å². The van der Waals surface area contributed by atoms with Crippen molar-refractivity contribution in [1.29, 1.82) is 0 Å². The highest BCUT2D eigenvalue weighted by Gasteiger charge is 2.21. The molecule has 1 aromatic rings. The molecule has 2 rings (SSSR count). The smallest absolute Gasteiger partial charge is 0.0594 e. The highest BCUT2D eigenvalue weighted by molar-refractivity contribution is 5.68. The quantitative estimate of drug-likeness (QED) is 0.756. The van der Waals surface area contributed by atoms with Crippen LogP contribution in [0.3, 0.4) is 0 Å². The van der Waals surface area contributed by atoms with Gasteiger partial charge in [0.25, 0.3) is 0 Å². The minimum atomic E-state index is 0.589. The summed E-state index contributed by atoms with van der Waals surface area (Å²) in [7, 11) is 0. The minimum absolute atomic E-state index is 0.589. The summed E-state index contributed by atoms with van der Waals surface area (Å²) in [5.74, 6) is 1.26. The van der Waals surface area contributed by atoms with E-state index in [-0.39, 0.29) is 0 Å². The molecule has 0 aromatic heterocycles. The molecule has 0 saturated heterocycles. The average Bonchev–Trinajstić information content (AvgIpc) is 2.78. The van der Waals surface area contributed by atoms with Crippen LogP contribution in [0.2, 0.25) is 0 Å². The number of hydrazone groups is 1. The van der Waals surface area contributed by atoms with Gasteiger partial charge in [0.2, 0.25) is 0 Å². The minimum Gasteiger partial charge on any atom is -0.265 e. The van der Waals surface area contributed by atoms with Crippen LogP contribution in [0.1, 0.15) is 26.3 Å². The lowest BCUT2D eigenvalue weighted by molar-refractivity contribution is 0.518. The standard InChI is InChI=1S/C14H20N2/c1-4-12-5-7-14(8-6-12)16-10-13(9-15-16)11(2)3/h5-9,11,13H,4,10H2,1-3H3. The second-order valence-corrected chi connectivity index (χ2v) is 4.77. The third kappa shape index (κ3) is 2.26. The summed E-state index contributed by atoms with van der Waals surface area (Å²) in [6.45, 7) is 7.70. The summed E-state index contributed by atoms with van der Waals surface area (Å²) in [6.07, 6.45) is 3.18. The molecule has 16 heavy (non-hydrogen) atoms. The second-order valence-electron chi connectivity index (χ2n) is 4.77. The Balaban J connectivity index is 2.06. The first-order chi connectivity index (χ1) is 7.70. The van der Waals surface area contributed by atoms with E-state index in [0.717, 1.165) is 13.0 Å². The average molecular weight is 216 g/mol. The normalized spacial score (nSPS) is 19.8. The van der Waals surface area contributed by atoms with Crippen LogP contribution in [0.25, 0.3) is 0 Å². The molecule has 2 nitrogen and oxygen atoms in total. The Morgan fingerprint density at radius 3 is 2.50 bits per heavy atom. The van der Waals surface area contributed by atoms with Crippen LogP contribution in [0.15, 0.2) is 29.4 Å². The Bertz CT molecular complexity index is 365. The third-order valence-electron chi connectivity index (χ3n) is 3.28. The van der Waals surface area contributed by atoms with Crippen LogP contribution in [-0.4, -0.2) is 12.8 Å². The van der Waals surface area contributed by atoms with E-state index >= 15 is 0 Å². The first-order valence-corrected chi connectivity index (χ1v) is 6.11. The van der Waals surface area contributed by atoms with Crippen molar-refractivity contribution < 1.29 is 0 Å². The number of benzene rings is 1. The van der Waals surface area contributed by atoms with Crippen molar-refractivity contribution in [3.8, 4) is 0 Å². The molecule has 0 aliphatic carbocycles. The lowest BCUT2D eigenvalue weighted by atomic mass is 9.98. The number of hydrogen-bond acceptors (Lipinski definition) is 2. The number of aryl methyl sites for hydroxylation is 1. The molecule has 1 unspecified atom stereocenters. The molecule has 0 amide bonds. The lowest BCUT2D eigenvalue weighted by Crippen LogP contribution is -2.20. The SMILES string of the molecule is CCc1ccc(N2CC(C(C)C)C=N2)cc1. The van der Waals surface area contributed by atoms with E-state index in [2.05, 4.69) is 61.4 Å². The van der Waals surface area contributed by atoms with E-state index in [4.69, 9.17) is 0 Å². The Kier molecular flexibility index (Phi) is 3.28. The summed E-state index contributed by atoms with van der Waals surface area (Å²) in [6, 6.07) is 8.71. The summed E-state index contributed by atoms with van der Waals surface area (Å²) in [4.78, 5) is 0. The van der Waals surface area contributed by atoms with Crippen LogP contribution in [0, 0.1) is 11.8 Å². The molecule has 0 spiro atoms. The highest BCUT2D eigenvalue weighted by Crippen LogP contribution is 2.23. The maximum absolute atomic E-state index is 4.47. The third-order valence-corrected chi connectivity index (χ3v) is 3.28. The molecule has 1 aliphatic heterocycles. The van der Waals surface area contributed by atoms with E-state index in [9.17, 15) is 0 Å². The van der Waals surface area contributed by atoms with Crippen molar-refractivity contribution in [2.24, 2.45) is 16.9 Å². The highest BCUT2D eigenvalue weighted by atomic mass is 15.5. The van der Waals surface area contributed by atoms with Crippen molar-refractivity contribution >= 4 is 11.9 Å². The zero-order chi connectivity index (χ0) is 11.5. The maximum atomic E-state index is 4.47. The molecular weight excluding hydrogens is 196 g/mol. The van der Waals surface area contributed by atoms with Gasteiger partial charge in [-0.1, -0.05) is 32.9 Å². The number of hydrogen-bond donors (Lipinski definition) is 0. The fourth-order valence-electron chi connectivity index (χ4n) is 1.92. The Hall–Kier alpha value is -1.31. The van der Waals surface area contributed by atoms with Gasteiger partial charge in [0.1, 0.15) is 0 Å². The predicted octanol–water partition coefficient (Wildman–Crippen LogP) is 3.33. The molecule has 0 saturated carbocycles. The molecule has 1 aliphatic rings. The topological polar surface area (TPSA) is 15.6 Å². The molecule has 1 atom stereocenters.